The minimum Gasteiger partial charge on any atom is -0.622 e. The van der Waals surface area contributed by atoms with Crippen LogP contribution in [0.25, 0.3) is 0 Å². The van der Waals surface area contributed by atoms with E-state index in [1.165, 1.54) is 30.1 Å². The molecule has 1 aliphatic heterocycles. The van der Waals surface area contributed by atoms with Crippen molar-refractivity contribution in [3.63, 3.8) is 0 Å². The van der Waals surface area contributed by atoms with E-state index in [0.717, 1.165) is 4.74 Å². The summed E-state index contributed by atoms with van der Waals surface area (Å²) in [7, 11) is 1.79. The van der Waals surface area contributed by atoms with Gasteiger partial charge in [-0.2, -0.15) is 4.74 Å². The Kier molecular flexibility index (Phi) is 4.20. The van der Waals surface area contributed by atoms with Crippen molar-refractivity contribution < 1.29 is 9.66 Å². The normalized spacial score (nSPS) is 21.7. The average Bonchev–Trinajstić information content (AvgIpc) is 2.58. The molecule has 0 radical (unpaired) electrons. The number of hydroxylamine groups is 1. The summed E-state index contributed by atoms with van der Waals surface area (Å²) in [5.74, 6) is 0. The Labute approximate surface area is 132 Å². The summed E-state index contributed by atoms with van der Waals surface area (Å²) in [6, 6.07) is 5.86. The van der Waals surface area contributed by atoms with Crippen molar-refractivity contribution >= 4 is 40.2 Å². The van der Waals surface area contributed by atoms with E-state index in [0.29, 0.717) is 9.88 Å². The molecular formula is C13H15N3O3S2. The molecule has 6 nitrogen and oxygen atoms in total. The molecule has 0 unspecified atom stereocenters. The molecule has 2 rings (SSSR count). The molecule has 1 heterocycles. The lowest BCUT2D eigenvalue weighted by Crippen LogP contribution is -2.46. The van der Waals surface area contributed by atoms with E-state index in [1.54, 1.807) is 24.1 Å². The van der Waals surface area contributed by atoms with Gasteiger partial charge in [0.05, 0.1) is 4.92 Å². The number of nitro benzene ring substituents is 1. The summed E-state index contributed by atoms with van der Waals surface area (Å²) in [5, 5.41) is 23.0. The van der Waals surface area contributed by atoms with Gasteiger partial charge >= 0.3 is 0 Å². The first-order chi connectivity index (χ1) is 9.72. The molecule has 0 aliphatic carbocycles. The minimum absolute atomic E-state index is 0.000327. The zero-order chi connectivity index (χ0) is 15.8. The van der Waals surface area contributed by atoms with Crippen LogP contribution in [0, 0.1) is 15.3 Å². The third kappa shape index (κ3) is 3.16. The fourth-order valence-electron chi connectivity index (χ4n) is 2.29. The van der Waals surface area contributed by atoms with Crippen LogP contribution in [0.15, 0.2) is 24.3 Å². The first-order valence-electron chi connectivity index (χ1n) is 6.23. The molecule has 21 heavy (non-hydrogen) atoms. The predicted molar refractivity (Wildman–Crippen MR) is 87.7 cm³/mol. The maximum Gasteiger partial charge on any atom is 0.269 e. The van der Waals surface area contributed by atoms with Gasteiger partial charge in [0.1, 0.15) is 9.07 Å². The minimum atomic E-state index is -0.471. The summed E-state index contributed by atoms with van der Waals surface area (Å²) in [6.07, 6.45) is 1.02. The van der Waals surface area contributed by atoms with Crippen LogP contribution in [0.3, 0.4) is 0 Å². The molecule has 1 aliphatic rings. The molecule has 0 aromatic heterocycles. The summed E-state index contributed by atoms with van der Waals surface area (Å²) in [4.78, 5) is 11.9. The molecule has 0 spiro atoms. The van der Waals surface area contributed by atoms with Crippen LogP contribution in [0.4, 0.5) is 5.69 Å². The molecular weight excluding hydrogens is 310 g/mol. The number of hydrogen-bond acceptors (Lipinski definition) is 5. The quantitative estimate of drug-likeness (QED) is 0.212. The number of benzene rings is 1. The first-order valence-corrected chi connectivity index (χ1v) is 7.45. The Morgan fingerprint density at radius 2 is 1.90 bits per heavy atom. The molecule has 1 saturated heterocycles. The highest BCUT2D eigenvalue weighted by Crippen LogP contribution is 2.40. The van der Waals surface area contributed by atoms with Gasteiger partial charge in [-0.25, -0.2) is 0 Å². The van der Waals surface area contributed by atoms with Gasteiger partial charge in [-0.1, -0.05) is 24.0 Å². The molecule has 1 atom stereocenters. The Hall–Kier alpha value is -1.67. The van der Waals surface area contributed by atoms with Gasteiger partial charge in [-0.3, -0.25) is 10.1 Å². The third-order valence-electron chi connectivity index (χ3n) is 3.25. The Morgan fingerprint density at radius 3 is 2.33 bits per heavy atom. The highest BCUT2D eigenvalue weighted by atomic mass is 32.2. The topological polar surface area (TPSA) is 72.5 Å². The van der Waals surface area contributed by atoms with Crippen LogP contribution >= 0.6 is 24.0 Å². The molecule has 0 N–H and O–H groups in total. The van der Waals surface area contributed by atoms with Crippen LogP contribution in [0.1, 0.15) is 19.4 Å². The highest BCUT2D eigenvalue weighted by molar-refractivity contribution is 8.24. The van der Waals surface area contributed by atoms with Crippen molar-refractivity contribution in [1.29, 1.82) is 0 Å². The second kappa shape index (κ2) is 5.61. The van der Waals surface area contributed by atoms with Crippen LogP contribution in [-0.2, 0) is 0 Å². The molecule has 1 aromatic carbocycles. The van der Waals surface area contributed by atoms with Gasteiger partial charge in [-0.05, 0) is 26.0 Å². The van der Waals surface area contributed by atoms with Gasteiger partial charge < -0.3 is 10.1 Å². The zero-order valence-corrected chi connectivity index (χ0v) is 13.5. The molecule has 0 saturated carbocycles. The summed E-state index contributed by atoms with van der Waals surface area (Å²) < 4.78 is 1.21. The van der Waals surface area contributed by atoms with Crippen LogP contribution in [0.5, 0.6) is 0 Å². The smallest absolute Gasteiger partial charge is 0.269 e. The fourth-order valence-corrected chi connectivity index (χ4v) is 4.10. The van der Waals surface area contributed by atoms with Crippen molar-refractivity contribution in [3.8, 4) is 0 Å². The number of thioether (sulfide) groups is 1. The van der Waals surface area contributed by atoms with E-state index in [9.17, 15) is 15.3 Å². The van der Waals surface area contributed by atoms with E-state index in [2.05, 4.69) is 0 Å². The second-order valence-corrected chi connectivity index (χ2v) is 7.58. The summed E-state index contributed by atoms with van der Waals surface area (Å²) in [6.45, 7) is 3.93. The van der Waals surface area contributed by atoms with Gasteiger partial charge in [0.25, 0.3) is 11.9 Å². The number of nitro groups is 1. The monoisotopic (exact) mass is 325 g/mol. The van der Waals surface area contributed by atoms with Crippen LogP contribution in [-0.4, -0.2) is 43.1 Å². The lowest BCUT2D eigenvalue weighted by atomic mass is 10.1. The van der Waals surface area contributed by atoms with E-state index in [1.807, 2.05) is 13.8 Å². The fraction of sp³-hybridized carbons (Fsp3) is 0.385. The first kappa shape index (κ1) is 15.7. The number of non-ortho nitro benzene ring substituents is 1. The van der Waals surface area contributed by atoms with Crippen LogP contribution in [0.2, 0.25) is 0 Å². The molecule has 1 aromatic rings. The second-order valence-electron chi connectivity index (χ2n) is 5.29. The van der Waals surface area contributed by atoms with Crippen LogP contribution < -0.4 is 0 Å². The van der Waals surface area contributed by atoms with E-state index in [4.69, 9.17) is 12.2 Å². The van der Waals surface area contributed by atoms with Gasteiger partial charge in [0, 0.05) is 24.7 Å². The lowest BCUT2D eigenvalue weighted by molar-refractivity contribution is -0.522. The van der Waals surface area contributed by atoms with E-state index in [-0.39, 0.29) is 10.4 Å². The predicted octanol–water partition coefficient (Wildman–Crippen LogP) is 2.59. The van der Waals surface area contributed by atoms with E-state index >= 15 is 0 Å². The largest absolute Gasteiger partial charge is 0.622 e. The Bertz CT molecular complexity index is 614. The number of hydrogen-bond donors (Lipinski definition) is 0. The molecule has 0 amide bonds. The lowest BCUT2D eigenvalue weighted by Gasteiger charge is -2.27. The maximum atomic E-state index is 12.4. The molecule has 1 fully saturated rings. The highest BCUT2D eigenvalue weighted by Gasteiger charge is 2.48. The number of rotatable bonds is 3. The van der Waals surface area contributed by atoms with Gasteiger partial charge in [0.2, 0.25) is 0 Å². The van der Waals surface area contributed by atoms with Crippen molar-refractivity contribution in [2.24, 2.45) is 0 Å². The summed E-state index contributed by atoms with van der Waals surface area (Å²) in [5.41, 5.74) is 0.613. The number of thiocarbonyl (C=S) groups is 1. The third-order valence-corrected chi connectivity index (χ3v) is 4.99. The molecule has 112 valence electrons. The Morgan fingerprint density at radius 1 is 1.33 bits per heavy atom. The van der Waals surface area contributed by atoms with Crippen molar-refractivity contribution in [2.75, 3.05) is 7.05 Å². The van der Waals surface area contributed by atoms with Crippen molar-refractivity contribution in [3.05, 3.63) is 45.2 Å². The van der Waals surface area contributed by atoms with Gasteiger partial charge in [-0.15, -0.1) is 0 Å². The average molecular weight is 325 g/mol. The zero-order valence-electron chi connectivity index (χ0n) is 11.8. The van der Waals surface area contributed by atoms with Gasteiger partial charge in [0.15, 0.2) is 6.21 Å². The molecule has 0 bridgehead atoms. The maximum absolute atomic E-state index is 12.4. The number of nitrogens with zero attached hydrogens (tertiary/aromatic N) is 3. The van der Waals surface area contributed by atoms with Crippen molar-refractivity contribution in [2.45, 2.75) is 24.8 Å². The van der Waals surface area contributed by atoms with Crippen molar-refractivity contribution in [1.82, 2.24) is 4.90 Å². The standard InChI is InChI=1S/C13H15N3O3S2/c1-13(2)11(14(3)12(20)21-13)15(17)8-9-4-6-10(7-5-9)16(18)19/h4-8,11H,1-3H3/b15-8-/t11-/m1/s1. The Balaban J connectivity index is 2.28. The van der Waals surface area contributed by atoms with E-state index < -0.39 is 11.1 Å². The SMILES string of the molecule is CN1C(=S)SC(C)(C)[C@H]1/[N+]([O-])=C/c1ccc([N+](=O)[O-])cc1. The molecule has 8 heteroatoms. The summed E-state index contributed by atoms with van der Waals surface area (Å²) >= 11 is 6.72.